The molecule has 15 heavy (non-hydrogen) atoms. The van der Waals surface area contributed by atoms with Crippen molar-refractivity contribution in [3.8, 4) is 6.07 Å². The lowest BCUT2D eigenvalue weighted by Gasteiger charge is -2.10. The number of nitrogens with one attached hydrogen (secondary N) is 1. The second kappa shape index (κ2) is 5.66. The van der Waals surface area contributed by atoms with Crippen molar-refractivity contribution < 1.29 is 9.50 Å². The Kier molecular flexibility index (Phi) is 4.50. The highest BCUT2D eigenvalue weighted by Crippen LogP contribution is 2.19. The first-order chi connectivity index (χ1) is 7.19. The molecule has 3 nitrogen and oxygen atoms in total. The van der Waals surface area contributed by atoms with Gasteiger partial charge in [-0.1, -0.05) is 17.7 Å². The first kappa shape index (κ1) is 11.9. The molecule has 0 saturated heterocycles. The van der Waals surface area contributed by atoms with Crippen LogP contribution in [0, 0.1) is 17.1 Å². The molecule has 0 fully saturated rings. The molecule has 0 amide bonds. The molecule has 0 aliphatic rings. The van der Waals surface area contributed by atoms with E-state index in [4.69, 9.17) is 22.0 Å². The molecule has 1 unspecified atom stereocenters. The maximum absolute atomic E-state index is 13.1. The Balaban J connectivity index is 2.84. The number of aliphatic hydroxyl groups is 1. The minimum absolute atomic E-state index is 0.0256. The molecule has 0 aliphatic heterocycles. The van der Waals surface area contributed by atoms with Crippen molar-refractivity contribution in [2.45, 2.75) is 6.04 Å². The molecule has 0 bridgehead atoms. The van der Waals surface area contributed by atoms with Crippen LogP contribution in [0.2, 0.25) is 5.02 Å². The number of nitrogens with zero attached hydrogens (tertiary/aromatic N) is 1. The van der Waals surface area contributed by atoms with Crippen LogP contribution in [-0.4, -0.2) is 18.3 Å². The highest BCUT2D eigenvalue weighted by atomic mass is 35.5. The Morgan fingerprint density at radius 3 is 2.87 bits per heavy atom. The van der Waals surface area contributed by atoms with Crippen LogP contribution in [0.25, 0.3) is 0 Å². The molecular formula is C10H10ClFN2O. The molecule has 1 rings (SSSR count). The van der Waals surface area contributed by atoms with Crippen LogP contribution in [0.3, 0.4) is 0 Å². The van der Waals surface area contributed by atoms with E-state index in [1.807, 2.05) is 6.07 Å². The summed E-state index contributed by atoms with van der Waals surface area (Å²) >= 11 is 5.51. The molecule has 0 radical (unpaired) electrons. The third-order valence-electron chi connectivity index (χ3n) is 1.87. The molecule has 0 spiro atoms. The second-order valence-corrected chi connectivity index (χ2v) is 3.32. The molecule has 1 atom stereocenters. The van der Waals surface area contributed by atoms with Gasteiger partial charge in [0.25, 0.3) is 0 Å². The number of rotatable bonds is 4. The van der Waals surface area contributed by atoms with Crippen molar-refractivity contribution in [1.82, 2.24) is 5.32 Å². The van der Waals surface area contributed by atoms with Crippen molar-refractivity contribution in [2.24, 2.45) is 0 Å². The summed E-state index contributed by atoms with van der Waals surface area (Å²) in [6, 6.07) is 5.51. The van der Waals surface area contributed by atoms with Gasteiger partial charge in [0.05, 0.1) is 17.7 Å². The SMILES string of the molecule is N#CC(NCCO)c1ccc(Cl)c(F)c1. The lowest BCUT2D eigenvalue weighted by molar-refractivity contribution is 0.289. The van der Waals surface area contributed by atoms with E-state index in [2.05, 4.69) is 5.32 Å². The monoisotopic (exact) mass is 228 g/mol. The maximum Gasteiger partial charge on any atom is 0.142 e. The van der Waals surface area contributed by atoms with Gasteiger partial charge in [-0.15, -0.1) is 0 Å². The highest BCUT2D eigenvalue weighted by molar-refractivity contribution is 6.30. The Labute approximate surface area is 92.1 Å². The minimum atomic E-state index is -0.635. The van der Waals surface area contributed by atoms with Gasteiger partial charge in [0, 0.05) is 6.54 Å². The number of hydrogen-bond acceptors (Lipinski definition) is 3. The lowest BCUT2D eigenvalue weighted by atomic mass is 10.1. The van der Waals surface area contributed by atoms with Gasteiger partial charge < -0.3 is 5.11 Å². The normalized spacial score (nSPS) is 12.1. The van der Waals surface area contributed by atoms with Crippen molar-refractivity contribution >= 4 is 11.6 Å². The molecule has 1 aromatic rings. The average molecular weight is 229 g/mol. The van der Waals surface area contributed by atoms with E-state index in [1.54, 1.807) is 6.07 Å². The van der Waals surface area contributed by atoms with Crippen LogP contribution in [0.15, 0.2) is 18.2 Å². The predicted molar refractivity (Wildman–Crippen MR) is 54.9 cm³/mol. The minimum Gasteiger partial charge on any atom is -0.395 e. The third-order valence-corrected chi connectivity index (χ3v) is 2.17. The van der Waals surface area contributed by atoms with Gasteiger partial charge in [0.1, 0.15) is 11.9 Å². The Hall–Kier alpha value is -1.15. The summed E-state index contributed by atoms with van der Waals surface area (Å²) in [4.78, 5) is 0. The number of aliphatic hydroxyl groups excluding tert-OH is 1. The fraction of sp³-hybridized carbons (Fsp3) is 0.300. The highest BCUT2D eigenvalue weighted by Gasteiger charge is 2.11. The zero-order chi connectivity index (χ0) is 11.3. The Bertz CT molecular complexity index is 378. The largest absolute Gasteiger partial charge is 0.395 e. The van der Waals surface area contributed by atoms with Crippen molar-refractivity contribution in [2.75, 3.05) is 13.2 Å². The van der Waals surface area contributed by atoms with Crippen molar-refractivity contribution in [1.29, 1.82) is 5.26 Å². The Morgan fingerprint density at radius 2 is 2.33 bits per heavy atom. The van der Waals surface area contributed by atoms with Crippen molar-refractivity contribution in [3.05, 3.63) is 34.6 Å². The first-order valence-corrected chi connectivity index (χ1v) is 4.75. The van der Waals surface area contributed by atoms with E-state index in [0.29, 0.717) is 5.56 Å². The van der Waals surface area contributed by atoms with E-state index in [9.17, 15) is 4.39 Å². The molecule has 0 heterocycles. The Morgan fingerprint density at radius 1 is 1.60 bits per heavy atom. The van der Waals surface area contributed by atoms with Gasteiger partial charge in [0.15, 0.2) is 0 Å². The predicted octanol–water partition coefficient (Wildman–Crippen LogP) is 1.63. The zero-order valence-electron chi connectivity index (χ0n) is 7.87. The summed E-state index contributed by atoms with van der Waals surface area (Å²) in [6.07, 6.45) is 0. The summed E-state index contributed by atoms with van der Waals surface area (Å²) in [7, 11) is 0. The van der Waals surface area contributed by atoms with Crippen LogP contribution >= 0.6 is 11.6 Å². The van der Waals surface area contributed by atoms with Gasteiger partial charge in [-0.25, -0.2) is 4.39 Å². The number of hydrogen-bond donors (Lipinski definition) is 2. The van der Waals surface area contributed by atoms with Gasteiger partial charge in [0.2, 0.25) is 0 Å². The summed E-state index contributed by atoms with van der Waals surface area (Å²) in [6.45, 7) is 0.205. The van der Waals surface area contributed by atoms with Crippen LogP contribution in [0.5, 0.6) is 0 Å². The van der Waals surface area contributed by atoms with Crippen LogP contribution in [0.1, 0.15) is 11.6 Å². The molecule has 0 aromatic heterocycles. The molecule has 1 aromatic carbocycles. The summed E-state index contributed by atoms with van der Waals surface area (Å²) < 4.78 is 13.1. The standard InChI is InChI=1S/C10H10ClFN2O/c11-8-2-1-7(5-9(8)12)10(6-13)14-3-4-15/h1-2,5,10,14-15H,3-4H2. The van der Waals surface area contributed by atoms with Gasteiger partial charge in [-0.3, -0.25) is 5.32 Å². The second-order valence-electron chi connectivity index (χ2n) is 2.91. The number of halogens is 2. The molecule has 2 N–H and O–H groups in total. The number of nitriles is 1. The van der Waals surface area contributed by atoms with Crippen LogP contribution in [0.4, 0.5) is 4.39 Å². The molecule has 0 saturated carbocycles. The van der Waals surface area contributed by atoms with E-state index in [1.165, 1.54) is 12.1 Å². The fourth-order valence-electron chi connectivity index (χ4n) is 1.14. The smallest absolute Gasteiger partial charge is 0.142 e. The molecule has 0 aliphatic carbocycles. The first-order valence-electron chi connectivity index (χ1n) is 4.38. The zero-order valence-corrected chi connectivity index (χ0v) is 8.63. The average Bonchev–Trinajstić information content (AvgIpc) is 2.24. The summed E-state index contributed by atoms with van der Waals surface area (Å²) in [5.74, 6) is -0.555. The van der Waals surface area contributed by atoms with Gasteiger partial charge in [-0.2, -0.15) is 5.26 Å². The van der Waals surface area contributed by atoms with E-state index >= 15 is 0 Å². The summed E-state index contributed by atoms with van der Waals surface area (Å²) in [5.41, 5.74) is 0.493. The topological polar surface area (TPSA) is 56.0 Å². The van der Waals surface area contributed by atoms with E-state index < -0.39 is 11.9 Å². The van der Waals surface area contributed by atoms with Crippen molar-refractivity contribution in [3.63, 3.8) is 0 Å². The quantitative estimate of drug-likeness (QED) is 0.824. The van der Waals surface area contributed by atoms with E-state index in [-0.39, 0.29) is 18.2 Å². The lowest BCUT2D eigenvalue weighted by Crippen LogP contribution is -2.23. The van der Waals surface area contributed by atoms with Crippen LogP contribution < -0.4 is 5.32 Å². The fourth-order valence-corrected chi connectivity index (χ4v) is 1.26. The van der Waals surface area contributed by atoms with E-state index in [0.717, 1.165) is 0 Å². The molecule has 80 valence electrons. The van der Waals surface area contributed by atoms with Gasteiger partial charge in [-0.05, 0) is 17.7 Å². The summed E-state index contributed by atoms with van der Waals surface area (Å²) in [5, 5.41) is 20.2. The number of benzene rings is 1. The maximum atomic E-state index is 13.1. The van der Waals surface area contributed by atoms with Gasteiger partial charge >= 0.3 is 0 Å². The molecule has 5 heteroatoms. The molecular weight excluding hydrogens is 219 g/mol. The van der Waals surface area contributed by atoms with Crippen LogP contribution in [-0.2, 0) is 0 Å². The third kappa shape index (κ3) is 3.17.